The summed E-state index contributed by atoms with van der Waals surface area (Å²) in [6.45, 7) is 0. The third-order valence-corrected chi connectivity index (χ3v) is 7.62. The van der Waals surface area contributed by atoms with Gasteiger partial charge in [-0.1, -0.05) is 85.0 Å². The monoisotopic (exact) mass is 486 g/mol. The Balaban J connectivity index is 1.46. The lowest BCUT2D eigenvalue weighted by molar-refractivity contribution is 0.279. The molecule has 4 aliphatic carbocycles. The second-order valence-electron chi connectivity index (χ2n) is 9.98. The molecule has 0 aliphatic heterocycles. The van der Waals surface area contributed by atoms with Gasteiger partial charge < -0.3 is 21.7 Å². The van der Waals surface area contributed by atoms with Gasteiger partial charge in [0.05, 0.1) is 12.2 Å². The summed E-state index contributed by atoms with van der Waals surface area (Å²) >= 11 is 0. The zero-order chi connectivity index (χ0) is 25.5. The first-order chi connectivity index (χ1) is 18.0. The minimum atomic E-state index is -0.713. The third-order valence-electron chi connectivity index (χ3n) is 7.62. The van der Waals surface area contributed by atoms with Crippen molar-refractivity contribution in [3.63, 3.8) is 0 Å². The maximum absolute atomic E-state index is 11.1. The van der Waals surface area contributed by atoms with E-state index in [0.29, 0.717) is 11.4 Å². The smallest absolute Gasteiger partial charge is 0.0983 e. The summed E-state index contributed by atoms with van der Waals surface area (Å²) in [5.41, 5.74) is 21.9. The molecule has 2 aromatic carbocycles. The van der Waals surface area contributed by atoms with Crippen molar-refractivity contribution in [2.75, 3.05) is 0 Å². The van der Waals surface area contributed by atoms with Crippen LogP contribution in [0.5, 0.6) is 0 Å². The molecule has 4 atom stereocenters. The summed E-state index contributed by atoms with van der Waals surface area (Å²) in [5.74, 6) is 0.0296. The number of benzene rings is 2. The average molecular weight is 487 g/mol. The first-order valence-electron chi connectivity index (χ1n) is 12.7. The van der Waals surface area contributed by atoms with E-state index in [1.54, 1.807) is 0 Å². The largest absolute Gasteiger partial charge is 0.399 e. The summed E-state index contributed by atoms with van der Waals surface area (Å²) in [6.07, 6.45) is 19.1. The molecule has 0 spiro atoms. The van der Waals surface area contributed by atoms with Gasteiger partial charge in [0, 0.05) is 23.2 Å². The molecular formula is C33H30N2O2. The Morgan fingerprint density at radius 1 is 0.568 bits per heavy atom. The van der Waals surface area contributed by atoms with E-state index in [0.717, 1.165) is 51.0 Å². The molecule has 37 heavy (non-hydrogen) atoms. The summed E-state index contributed by atoms with van der Waals surface area (Å²) in [5, 5.41) is 22.2. The van der Waals surface area contributed by atoms with Crippen LogP contribution in [-0.2, 0) is 0 Å². The van der Waals surface area contributed by atoms with Gasteiger partial charge in [-0.3, -0.25) is 0 Å². The van der Waals surface area contributed by atoms with Crippen LogP contribution in [0.25, 0.3) is 23.3 Å². The van der Waals surface area contributed by atoms with Crippen molar-refractivity contribution in [3.05, 3.63) is 142 Å². The molecular weight excluding hydrogens is 456 g/mol. The molecule has 4 heteroatoms. The Bertz CT molecular complexity index is 1400. The van der Waals surface area contributed by atoms with Gasteiger partial charge in [0.15, 0.2) is 0 Å². The zero-order valence-electron chi connectivity index (χ0n) is 20.5. The number of rotatable bonds is 2. The molecule has 4 aliphatic rings. The number of hydrogen-bond acceptors (Lipinski definition) is 4. The predicted octanol–water partition coefficient (Wildman–Crippen LogP) is 5.12. The molecule has 0 bridgehead atoms. The molecule has 4 unspecified atom stereocenters. The number of aliphatic hydroxyl groups is 2. The number of fused-ring (bicyclic) bond motifs is 2. The van der Waals surface area contributed by atoms with Gasteiger partial charge in [0.25, 0.3) is 0 Å². The molecule has 0 heterocycles. The highest BCUT2D eigenvalue weighted by Gasteiger charge is 2.30. The van der Waals surface area contributed by atoms with Crippen LogP contribution in [0, 0.1) is 11.8 Å². The Morgan fingerprint density at radius 3 is 1.46 bits per heavy atom. The van der Waals surface area contributed by atoms with Crippen molar-refractivity contribution in [1.29, 1.82) is 0 Å². The highest BCUT2D eigenvalue weighted by molar-refractivity contribution is 5.87. The van der Waals surface area contributed by atoms with Gasteiger partial charge in [0.2, 0.25) is 0 Å². The molecule has 0 saturated heterocycles. The molecule has 6 rings (SSSR count). The third kappa shape index (κ3) is 4.25. The molecule has 0 aromatic heterocycles. The molecule has 4 nitrogen and oxygen atoms in total. The number of aliphatic hydroxyl groups excluding tert-OH is 2. The summed E-state index contributed by atoms with van der Waals surface area (Å²) in [7, 11) is 0. The molecule has 6 N–H and O–H groups in total. The lowest BCUT2D eigenvalue weighted by atomic mass is 9.74. The van der Waals surface area contributed by atoms with Crippen molar-refractivity contribution in [2.45, 2.75) is 18.6 Å². The molecule has 184 valence electrons. The van der Waals surface area contributed by atoms with Crippen LogP contribution in [0.1, 0.15) is 28.7 Å². The van der Waals surface area contributed by atoms with Crippen molar-refractivity contribution < 1.29 is 10.2 Å². The maximum Gasteiger partial charge on any atom is 0.0983 e. The fraction of sp³-hybridized carbons (Fsp3) is 0.152. The van der Waals surface area contributed by atoms with Gasteiger partial charge in [-0.05, 0) is 75.3 Å². The van der Waals surface area contributed by atoms with Crippen LogP contribution < -0.4 is 11.5 Å². The van der Waals surface area contributed by atoms with Gasteiger partial charge in [-0.15, -0.1) is 0 Å². The van der Waals surface area contributed by atoms with E-state index in [1.165, 1.54) is 0 Å². The van der Waals surface area contributed by atoms with Crippen molar-refractivity contribution >= 4 is 23.3 Å². The van der Waals surface area contributed by atoms with Crippen LogP contribution in [0.15, 0.2) is 120 Å². The van der Waals surface area contributed by atoms with E-state index in [9.17, 15) is 10.2 Å². The predicted molar refractivity (Wildman–Crippen MR) is 151 cm³/mol. The van der Waals surface area contributed by atoms with Gasteiger partial charge in [0.1, 0.15) is 0 Å². The first kappa shape index (κ1) is 23.3. The molecule has 0 radical (unpaired) electrons. The van der Waals surface area contributed by atoms with Gasteiger partial charge in [-0.25, -0.2) is 0 Å². The second-order valence-corrected chi connectivity index (χ2v) is 9.98. The SMILES string of the molecule is NC1=CC(=C2c3ccccc3C=CC2O)C(CC2C=CC(N)=CC2=C2c3ccccc3C=CC2O)C=C1. The topological polar surface area (TPSA) is 92.5 Å². The quantitative estimate of drug-likeness (QED) is 0.474. The minimum Gasteiger partial charge on any atom is -0.399 e. The minimum absolute atomic E-state index is 0.0148. The molecule has 0 saturated carbocycles. The zero-order valence-corrected chi connectivity index (χ0v) is 20.5. The average Bonchev–Trinajstić information content (AvgIpc) is 2.91. The van der Waals surface area contributed by atoms with E-state index in [4.69, 9.17) is 11.5 Å². The van der Waals surface area contributed by atoms with Crippen LogP contribution in [0.4, 0.5) is 0 Å². The standard InChI is InChI=1S/C33H30N2O2/c34-24-13-9-22(28(18-24)32-26-7-3-1-5-20(26)11-15-30(32)36)17-23-10-14-25(35)19-29(23)33-27-8-4-2-6-21(27)12-16-31(33)37/h1-16,18-19,22-23,30-31,36-37H,17,34-35H2. The van der Waals surface area contributed by atoms with E-state index >= 15 is 0 Å². The first-order valence-corrected chi connectivity index (χ1v) is 12.7. The van der Waals surface area contributed by atoms with Gasteiger partial charge >= 0.3 is 0 Å². The molecule has 0 amide bonds. The Hall–Kier alpha value is -4.12. The van der Waals surface area contributed by atoms with Crippen LogP contribution >= 0.6 is 0 Å². The fourth-order valence-corrected chi connectivity index (χ4v) is 5.90. The molecule has 0 fully saturated rings. The van der Waals surface area contributed by atoms with Crippen molar-refractivity contribution in [1.82, 2.24) is 0 Å². The van der Waals surface area contributed by atoms with Gasteiger partial charge in [-0.2, -0.15) is 0 Å². The Kier molecular flexibility index (Phi) is 5.91. The Labute approximate surface area is 217 Å². The number of hydrogen-bond donors (Lipinski definition) is 4. The summed E-state index contributed by atoms with van der Waals surface area (Å²) < 4.78 is 0. The summed E-state index contributed by atoms with van der Waals surface area (Å²) in [6, 6.07) is 16.3. The second kappa shape index (κ2) is 9.40. The fourth-order valence-electron chi connectivity index (χ4n) is 5.90. The number of nitrogens with two attached hydrogens (primary N) is 2. The van der Waals surface area contributed by atoms with Crippen molar-refractivity contribution in [2.24, 2.45) is 23.3 Å². The number of allylic oxidation sites excluding steroid dienone is 8. The van der Waals surface area contributed by atoms with Crippen LogP contribution in [-0.4, -0.2) is 22.4 Å². The summed E-state index contributed by atoms with van der Waals surface area (Å²) in [4.78, 5) is 0. The Morgan fingerprint density at radius 2 is 1.00 bits per heavy atom. The lowest BCUT2D eigenvalue weighted by Crippen LogP contribution is -2.22. The highest BCUT2D eigenvalue weighted by atomic mass is 16.3. The van der Waals surface area contributed by atoms with E-state index in [2.05, 4.69) is 36.4 Å². The van der Waals surface area contributed by atoms with E-state index in [1.807, 2.05) is 72.9 Å². The van der Waals surface area contributed by atoms with Crippen molar-refractivity contribution in [3.8, 4) is 0 Å². The van der Waals surface area contributed by atoms with Crippen LogP contribution in [0.2, 0.25) is 0 Å². The maximum atomic E-state index is 11.1. The van der Waals surface area contributed by atoms with E-state index < -0.39 is 12.2 Å². The lowest BCUT2D eigenvalue weighted by Gasteiger charge is -2.32. The van der Waals surface area contributed by atoms with E-state index in [-0.39, 0.29) is 11.8 Å². The highest BCUT2D eigenvalue weighted by Crippen LogP contribution is 2.43. The van der Waals surface area contributed by atoms with Crippen LogP contribution in [0.3, 0.4) is 0 Å². The molecule has 2 aromatic rings. The normalized spacial score (nSPS) is 30.0.